The molecule has 0 N–H and O–H groups in total. The van der Waals surface area contributed by atoms with Crippen LogP contribution in [0.25, 0.3) is 0 Å². The predicted octanol–water partition coefficient (Wildman–Crippen LogP) is 7.57. The zero-order chi connectivity index (χ0) is 44.8. The summed E-state index contributed by atoms with van der Waals surface area (Å²) in [6, 6.07) is 0. The standard InChI is InChI=1S/C44H61Cl3O13/c1-22(48)56-29-30(57-23(2)49)32(60-37(53)44(45,46)47)35(59-31(29)34(51)54-10)58-28-13-14-41(7)27(38(28,3)4)12-15-43(9)33(41)26(50)20-24-25-21-40(6,36(52)55-11)17-16-39(25,5)18-19-42(24,43)8/h20,25,27-33,35H,12-19,21H2,1-11H3/t25-,27+,28+,29+,30+,31+,32-,33-,35+,39-,40+,41+,42-,43-/m1/s1. The van der Waals surface area contributed by atoms with Crippen LogP contribution < -0.4 is 0 Å². The molecule has 0 radical (unpaired) electrons. The van der Waals surface area contributed by atoms with E-state index in [1.54, 1.807) is 0 Å². The number of ketones is 1. The highest BCUT2D eigenvalue weighted by Crippen LogP contribution is 2.75. The predicted molar refractivity (Wildman–Crippen MR) is 218 cm³/mol. The molecule has 1 aliphatic heterocycles. The average Bonchev–Trinajstić information content (AvgIpc) is 3.14. The van der Waals surface area contributed by atoms with Crippen LogP contribution in [0.5, 0.6) is 0 Å². The Hall–Kier alpha value is -2.45. The summed E-state index contributed by atoms with van der Waals surface area (Å²) in [5, 5.41) is 0. The highest BCUT2D eigenvalue weighted by molar-refractivity contribution is 6.75. The molecule has 0 aromatic rings. The number of carbonyl (C=O) groups excluding carboxylic acids is 6. The fourth-order valence-electron chi connectivity index (χ4n) is 13.2. The summed E-state index contributed by atoms with van der Waals surface area (Å²) in [7, 11) is 2.55. The monoisotopic (exact) mass is 902 g/mol. The molecular weight excluding hydrogens is 843 g/mol. The normalized spacial score (nSPS) is 43.3. The lowest BCUT2D eigenvalue weighted by atomic mass is 9.33. The number of hydrogen-bond donors (Lipinski definition) is 0. The summed E-state index contributed by atoms with van der Waals surface area (Å²) in [4.78, 5) is 79.3. The Morgan fingerprint density at radius 3 is 1.97 bits per heavy atom. The molecule has 0 spiro atoms. The summed E-state index contributed by atoms with van der Waals surface area (Å²) >= 11 is 17.7. The second kappa shape index (κ2) is 16.0. The van der Waals surface area contributed by atoms with E-state index in [1.165, 1.54) is 12.7 Å². The summed E-state index contributed by atoms with van der Waals surface area (Å²) in [5.74, 6) is -4.38. The minimum atomic E-state index is -2.57. The van der Waals surface area contributed by atoms with Gasteiger partial charge in [0, 0.05) is 19.8 Å². The van der Waals surface area contributed by atoms with Crippen molar-refractivity contribution in [3.63, 3.8) is 0 Å². The van der Waals surface area contributed by atoms with Crippen molar-refractivity contribution in [2.45, 2.75) is 161 Å². The second-order valence-electron chi connectivity index (χ2n) is 20.2. The molecule has 0 bridgehead atoms. The first-order valence-electron chi connectivity index (χ1n) is 21.0. The SMILES string of the molecule is COC(=O)[C@H]1O[C@H](O[C@H]2CC[C@]3(C)[C@H]4C(=O)C=C5[C@H]6C[C@@](C)(C(=O)OC)CC[C@]6(C)CC[C@@]5(C)[C@]4(C)CC[C@H]3C2(C)C)[C@H](OC(=O)C(Cl)(Cl)Cl)[C@@H](OC(C)=O)[C@@H]1OC(C)=O. The van der Waals surface area contributed by atoms with E-state index in [4.69, 9.17) is 68.0 Å². The summed E-state index contributed by atoms with van der Waals surface area (Å²) in [6.07, 6.45) is -0.0632. The summed E-state index contributed by atoms with van der Waals surface area (Å²) in [5.41, 5.74) is -1.22. The fraction of sp³-hybridized carbons (Fsp3) is 0.818. The van der Waals surface area contributed by atoms with E-state index in [2.05, 4.69) is 41.5 Å². The maximum Gasteiger partial charge on any atom is 0.359 e. The van der Waals surface area contributed by atoms with Gasteiger partial charge in [-0.1, -0.05) is 81.9 Å². The van der Waals surface area contributed by atoms with Crippen molar-refractivity contribution in [2.75, 3.05) is 14.2 Å². The van der Waals surface area contributed by atoms with Crippen molar-refractivity contribution >= 4 is 70.4 Å². The van der Waals surface area contributed by atoms with Gasteiger partial charge in [-0.2, -0.15) is 0 Å². The van der Waals surface area contributed by atoms with Crippen molar-refractivity contribution < 1.29 is 61.9 Å². The zero-order valence-electron chi connectivity index (χ0n) is 36.6. The first-order valence-corrected chi connectivity index (χ1v) is 22.1. The minimum Gasteiger partial charge on any atom is -0.469 e. The molecule has 1 heterocycles. The molecule has 13 nitrogen and oxygen atoms in total. The average molecular weight is 904 g/mol. The zero-order valence-corrected chi connectivity index (χ0v) is 38.8. The molecule has 6 aliphatic rings. The molecule has 5 fully saturated rings. The van der Waals surface area contributed by atoms with Crippen molar-refractivity contribution in [1.82, 2.24) is 0 Å². The van der Waals surface area contributed by atoms with Crippen molar-refractivity contribution in [1.29, 1.82) is 0 Å². The maximum atomic E-state index is 15.0. The Balaban J connectivity index is 1.35. The van der Waals surface area contributed by atoms with Gasteiger partial charge in [0.15, 0.2) is 36.5 Å². The molecule has 0 aromatic carbocycles. The van der Waals surface area contributed by atoms with Gasteiger partial charge < -0.3 is 33.2 Å². The van der Waals surface area contributed by atoms with Crippen LogP contribution in [-0.4, -0.2) is 90.5 Å². The summed E-state index contributed by atoms with van der Waals surface area (Å²) in [6.45, 7) is 17.6. The van der Waals surface area contributed by atoms with Crippen LogP contribution in [-0.2, 0) is 61.9 Å². The number of halogens is 3. The smallest absolute Gasteiger partial charge is 0.359 e. The third-order valence-electron chi connectivity index (χ3n) is 16.5. The van der Waals surface area contributed by atoms with Crippen molar-refractivity contribution in [3.8, 4) is 0 Å². The number of carbonyl (C=O) groups is 6. The molecule has 60 heavy (non-hydrogen) atoms. The third kappa shape index (κ3) is 7.59. The lowest BCUT2D eigenvalue weighted by Crippen LogP contribution is -2.68. The molecule has 0 aromatic heterocycles. The molecule has 0 unspecified atom stereocenters. The van der Waals surface area contributed by atoms with E-state index < -0.39 is 80.7 Å². The van der Waals surface area contributed by atoms with Gasteiger partial charge in [0.2, 0.25) is 0 Å². The van der Waals surface area contributed by atoms with Gasteiger partial charge in [0.25, 0.3) is 3.79 Å². The van der Waals surface area contributed by atoms with Crippen LogP contribution in [0.15, 0.2) is 11.6 Å². The van der Waals surface area contributed by atoms with E-state index in [0.29, 0.717) is 19.3 Å². The van der Waals surface area contributed by atoms with Gasteiger partial charge in [-0.05, 0) is 110 Å². The number of hydrogen-bond acceptors (Lipinski definition) is 13. The Morgan fingerprint density at radius 2 is 1.38 bits per heavy atom. The quantitative estimate of drug-likeness (QED) is 0.106. The molecule has 6 rings (SSSR count). The largest absolute Gasteiger partial charge is 0.469 e. The van der Waals surface area contributed by atoms with Crippen LogP contribution in [0, 0.1) is 50.2 Å². The first-order chi connectivity index (χ1) is 27.6. The summed E-state index contributed by atoms with van der Waals surface area (Å²) < 4.78 is 37.3. The van der Waals surface area contributed by atoms with Crippen LogP contribution in [0.1, 0.15) is 120 Å². The number of esters is 5. The van der Waals surface area contributed by atoms with Gasteiger partial charge in [-0.15, -0.1) is 0 Å². The van der Waals surface area contributed by atoms with E-state index in [9.17, 15) is 28.8 Å². The Bertz CT molecular complexity index is 1830. The van der Waals surface area contributed by atoms with E-state index in [1.807, 2.05) is 13.0 Å². The van der Waals surface area contributed by atoms with Gasteiger partial charge in [-0.25, -0.2) is 9.59 Å². The van der Waals surface area contributed by atoms with Gasteiger partial charge >= 0.3 is 29.8 Å². The lowest BCUT2D eigenvalue weighted by molar-refractivity contribution is -0.327. The number of alkyl halides is 3. The molecule has 0 amide bonds. The van der Waals surface area contributed by atoms with Crippen LogP contribution in [0.3, 0.4) is 0 Å². The molecule has 14 atom stereocenters. The van der Waals surface area contributed by atoms with Gasteiger partial charge in [0.1, 0.15) is 0 Å². The second-order valence-corrected chi connectivity index (χ2v) is 22.5. The molecule has 336 valence electrons. The van der Waals surface area contributed by atoms with Crippen LogP contribution in [0.2, 0.25) is 0 Å². The topological polar surface area (TPSA) is 167 Å². The molecular formula is C44H61Cl3O13. The van der Waals surface area contributed by atoms with Gasteiger partial charge in [0.05, 0.1) is 25.7 Å². The maximum absolute atomic E-state index is 15.0. The van der Waals surface area contributed by atoms with Crippen LogP contribution in [0.4, 0.5) is 0 Å². The highest BCUT2D eigenvalue weighted by Gasteiger charge is 2.71. The lowest BCUT2D eigenvalue weighted by Gasteiger charge is -2.70. The number of allylic oxidation sites excluding steroid dienone is 2. The van der Waals surface area contributed by atoms with Crippen LogP contribution >= 0.6 is 34.8 Å². The number of methoxy groups -OCH3 is 2. The Morgan fingerprint density at radius 1 is 0.767 bits per heavy atom. The number of fused-ring (bicyclic) bond motifs is 7. The minimum absolute atomic E-state index is 0.0213. The highest BCUT2D eigenvalue weighted by atomic mass is 35.6. The number of ether oxygens (including phenoxy) is 7. The molecule has 5 aliphatic carbocycles. The third-order valence-corrected chi connectivity index (χ3v) is 17.0. The van der Waals surface area contributed by atoms with E-state index in [-0.39, 0.29) is 45.8 Å². The number of rotatable bonds is 7. The van der Waals surface area contributed by atoms with Crippen molar-refractivity contribution in [3.05, 3.63) is 11.6 Å². The Kier molecular flexibility index (Phi) is 12.5. The molecule has 1 saturated heterocycles. The Labute approximate surface area is 367 Å². The van der Waals surface area contributed by atoms with E-state index in [0.717, 1.165) is 59.5 Å². The fourth-order valence-corrected chi connectivity index (χ4v) is 13.3. The molecule has 16 heteroatoms. The first kappa shape index (κ1) is 47.0. The molecule has 4 saturated carbocycles. The van der Waals surface area contributed by atoms with Gasteiger partial charge in [-0.3, -0.25) is 19.2 Å². The van der Waals surface area contributed by atoms with E-state index >= 15 is 0 Å². The van der Waals surface area contributed by atoms with Crippen molar-refractivity contribution in [2.24, 2.45) is 50.2 Å².